The molecule has 0 spiro atoms. The second-order valence-electron chi connectivity index (χ2n) is 10.4. The van der Waals surface area contributed by atoms with Crippen molar-refractivity contribution < 1.29 is 46.9 Å². The summed E-state index contributed by atoms with van der Waals surface area (Å²) in [4.78, 5) is 47.8. The maximum Gasteiger partial charge on any atom is 0.490 e. The van der Waals surface area contributed by atoms with Crippen molar-refractivity contribution >= 4 is 23.8 Å². The molecule has 0 saturated heterocycles. The molecule has 1 aromatic carbocycles. The van der Waals surface area contributed by atoms with Gasteiger partial charge in [0, 0.05) is 26.2 Å². The first-order chi connectivity index (χ1) is 20.0. The van der Waals surface area contributed by atoms with Crippen molar-refractivity contribution in [2.45, 2.75) is 59.2 Å². The van der Waals surface area contributed by atoms with Crippen LogP contribution in [0.4, 0.5) is 13.2 Å². The van der Waals surface area contributed by atoms with Gasteiger partial charge in [0.2, 0.25) is 0 Å². The summed E-state index contributed by atoms with van der Waals surface area (Å²) in [5, 5.41) is 9.89. The second kappa shape index (κ2) is 17.6. The van der Waals surface area contributed by atoms with Crippen molar-refractivity contribution in [2.24, 2.45) is 5.41 Å². The van der Waals surface area contributed by atoms with Crippen molar-refractivity contribution in [3.8, 4) is 5.75 Å². The number of carbonyl (C=O) groups is 4. The van der Waals surface area contributed by atoms with E-state index in [1.165, 1.54) is 12.8 Å². The normalized spacial score (nSPS) is 14.6. The quantitative estimate of drug-likeness (QED) is 0.323. The molecule has 1 atom stereocenters. The minimum atomic E-state index is -5.08. The average molecular weight is 609 g/mol. The number of halogens is 3. The zero-order valence-corrected chi connectivity index (χ0v) is 24.9. The number of carbonyl (C=O) groups excluding carboxylic acids is 3. The number of carboxylic acids is 1. The monoisotopic (exact) mass is 608 g/mol. The van der Waals surface area contributed by atoms with E-state index in [0.29, 0.717) is 11.3 Å². The molecule has 1 aliphatic heterocycles. The van der Waals surface area contributed by atoms with Gasteiger partial charge in [-0.1, -0.05) is 48.6 Å². The Hall–Kier alpha value is -4.35. The number of hydrogen-bond acceptors (Lipinski definition) is 7. The Morgan fingerprint density at radius 1 is 1.00 bits per heavy atom. The number of nitrogens with one attached hydrogen (secondary N) is 1. The number of allylic oxidation sites excluding steroid dienone is 4. The molecule has 0 aromatic heterocycles. The fourth-order valence-electron chi connectivity index (χ4n) is 3.22. The Bertz CT molecular complexity index is 1200. The number of likely N-dealkylation sites (N-methyl/N-ethyl adjacent to an activating group) is 1. The summed E-state index contributed by atoms with van der Waals surface area (Å²) in [6, 6.07) is 6.03. The van der Waals surface area contributed by atoms with Gasteiger partial charge in [0.25, 0.3) is 5.91 Å². The number of ether oxygens (including phenoxy) is 2. The third kappa shape index (κ3) is 14.9. The molecule has 2 N–H and O–H groups in total. The van der Waals surface area contributed by atoms with E-state index in [0.717, 1.165) is 12.1 Å². The van der Waals surface area contributed by atoms with E-state index in [-0.39, 0.29) is 24.9 Å². The summed E-state index contributed by atoms with van der Waals surface area (Å²) in [6.07, 6.45) is 11.5. The smallest absolute Gasteiger partial charge is 0.475 e. The number of nitrogens with zero attached hydrogens (tertiary/aromatic N) is 1. The van der Waals surface area contributed by atoms with E-state index < -0.39 is 29.6 Å². The van der Waals surface area contributed by atoms with Crippen molar-refractivity contribution in [3.63, 3.8) is 0 Å². The number of hydrogen-bond donors (Lipinski definition) is 2. The third-order valence-electron chi connectivity index (χ3n) is 5.50. The van der Waals surface area contributed by atoms with Gasteiger partial charge in [0.1, 0.15) is 11.8 Å². The van der Waals surface area contributed by atoms with Gasteiger partial charge in [-0.05, 0) is 58.2 Å². The fraction of sp³-hybridized carbons (Fsp3) is 0.419. The topological polar surface area (TPSA) is 122 Å². The minimum Gasteiger partial charge on any atom is -0.475 e. The molecule has 1 aliphatic carbocycles. The Morgan fingerprint density at radius 2 is 1.56 bits per heavy atom. The molecular formula is C31H39F3N2O7. The van der Waals surface area contributed by atoms with Crippen LogP contribution in [0.3, 0.4) is 0 Å². The zero-order valence-electron chi connectivity index (χ0n) is 24.9. The fourth-order valence-corrected chi connectivity index (χ4v) is 3.22. The van der Waals surface area contributed by atoms with Gasteiger partial charge in [-0.2, -0.15) is 13.2 Å². The number of aliphatic carboxylic acids is 1. The molecular weight excluding hydrogens is 569 g/mol. The van der Waals surface area contributed by atoms with E-state index in [1.807, 2.05) is 18.0 Å². The standard InChI is InChI=1S/C23H30N2O5.C6H8.C2HF3O2/c1-6-29-21(27)19(24-20(26)17-8-7-13-25(5)15-17)14-16-9-11-18(12-10-16)30-22(28)23(2,3)4;1-2-4-6-5-3-1;3-2(4,5)1(6)7/h7-12,15,19H,6,13-14H2,1-5H3,(H,24,26);1-4H,5-6H2;(H,6,7). The highest BCUT2D eigenvalue weighted by atomic mass is 19.4. The minimum absolute atomic E-state index is 0.220. The van der Waals surface area contributed by atoms with Crippen LogP contribution in [0.5, 0.6) is 5.75 Å². The first-order valence-corrected chi connectivity index (χ1v) is 13.5. The van der Waals surface area contributed by atoms with Crippen LogP contribution < -0.4 is 10.1 Å². The SMILES string of the molecule is C1=CCCC=C1.CCOC(=O)C(Cc1ccc(OC(=O)C(C)(C)C)cc1)NC(=O)C1=CN(C)CC=C1.O=C(O)C(F)(F)F. The predicted octanol–water partition coefficient (Wildman–Crippen LogP) is 5.14. The van der Waals surface area contributed by atoms with Gasteiger partial charge in [0.15, 0.2) is 0 Å². The summed E-state index contributed by atoms with van der Waals surface area (Å²) in [7, 11) is 1.87. The largest absolute Gasteiger partial charge is 0.490 e. The molecule has 236 valence electrons. The van der Waals surface area contributed by atoms with Crippen molar-refractivity contribution in [1.29, 1.82) is 0 Å². The zero-order chi connectivity index (χ0) is 32.6. The van der Waals surface area contributed by atoms with Crippen molar-refractivity contribution in [3.05, 3.63) is 78.1 Å². The number of benzene rings is 1. The van der Waals surface area contributed by atoms with Crippen LogP contribution in [0.25, 0.3) is 0 Å². The Kier molecular flexibility index (Phi) is 15.0. The van der Waals surface area contributed by atoms with Crippen LogP contribution in [0.2, 0.25) is 0 Å². The first-order valence-electron chi connectivity index (χ1n) is 13.5. The van der Waals surface area contributed by atoms with E-state index in [9.17, 15) is 27.6 Å². The molecule has 1 heterocycles. The molecule has 1 amide bonds. The molecule has 0 saturated carbocycles. The van der Waals surface area contributed by atoms with Crippen LogP contribution in [-0.4, -0.2) is 66.2 Å². The third-order valence-corrected chi connectivity index (χ3v) is 5.50. The lowest BCUT2D eigenvalue weighted by Gasteiger charge is -2.21. The maximum atomic E-state index is 12.6. The van der Waals surface area contributed by atoms with E-state index in [2.05, 4.69) is 29.6 Å². The van der Waals surface area contributed by atoms with Gasteiger partial charge in [-0.3, -0.25) is 9.59 Å². The van der Waals surface area contributed by atoms with Gasteiger partial charge in [0.05, 0.1) is 17.6 Å². The lowest BCUT2D eigenvalue weighted by Crippen LogP contribution is -2.44. The molecule has 0 bridgehead atoms. The van der Waals surface area contributed by atoms with Gasteiger partial charge in [-0.15, -0.1) is 0 Å². The van der Waals surface area contributed by atoms with Crippen LogP contribution >= 0.6 is 0 Å². The highest BCUT2D eigenvalue weighted by molar-refractivity contribution is 5.98. The molecule has 0 fully saturated rings. The predicted molar refractivity (Wildman–Crippen MR) is 155 cm³/mol. The van der Waals surface area contributed by atoms with Crippen LogP contribution in [0.15, 0.2) is 72.5 Å². The Morgan fingerprint density at radius 3 is 1.98 bits per heavy atom. The maximum absolute atomic E-state index is 12.6. The lowest BCUT2D eigenvalue weighted by atomic mass is 9.97. The van der Waals surface area contributed by atoms with Gasteiger partial charge < -0.3 is 24.8 Å². The first kappa shape index (κ1) is 36.7. The van der Waals surface area contributed by atoms with E-state index in [1.54, 1.807) is 64.2 Å². The summed E-state index contributed by atoms with van der Waals surface area (Å²) in [5.74, 6) is -3.50. The second-order valence-corrected chi connectivity index (χ2v) is 10.4. The van der Waals surface area contributed by atoms with Crippen LogP contribution in [0, 0.1) is 5.41 Å². The molecule has 9 nitrogen and oxygen atoms in total. The molecule has 1 unspecified atom stereocenters. The number of carboxylic acid groups (broad SMARTS) is 1. The molecule has 1 aromatic rings. The number of alkyl halides is 3. The number of amides is 1. The van der Waals surface area contributed by atoms with Crippen molar-refractivity contribution in [1.82, 2.24) is 10.2 Å². The lowest BCUT2D eigenvalue weighted by molar-refractivity contribution is -0.192. The number of esters is 2. The molecule has 3 rings (SSSR count). The highest BCUT2D eigenvalue weighted by Crippen LogP contribution is 2.20. The van der Waals surface area contributed by atoms with Gasteiger partial charge >= 0.3 is 24.1 Å². The Labute approximate surface area is 249 Å². The van der Waals surface area contributed by atoms with Crippen LogP contribution in [-0.2, 0) is 30.3 Å². The van der Waals surface area contributed by atoms with Crippen molar-refractivity contribution in [2.75, 3.05) is 20.2 Å². The summed E-state index contributed by atoms with van der Waals surface area (Å²) < 4.78 is 42.2. The molecule has 43 heavy (non-hydrogen) atoms. The summed E-state index contributed by atoms with van der Waals surface area (Å²) in [6.45, 7) is 8.01. The van der Waals surface area contributed by atoms with E-state index in [4.69, 9.17) is 19.4 Å². The summed E-state index contributed by atoms with van der Waals surface area (Å²) in [5.41, 5.74) is 0.672. The molecule has 0 radical (unpaired) electrons. The molecule has 12 heteroatoms. The highest BCUT2D eigenvalue weighted by Gasteiger charge is 2.38. The van der Waals surface area contributed by atoms with E-state index >= 15 is 0 Å². The summed E-state index contributed by atoms with van der Waals surface area (Å²) >= 11 is 0. The molecule has 2 aliphatic rings. The van der Waals surface area contributed by atoms with Gasteiger partial charge in [-0.25, -0.2) is 9.59 Å². The number of rotatable bonds is 7. The Balaban J connectivity index is 0.000000583. The average Bonchev–Trinajstić information content (AvgIpc) is 2.94. The van der Waals surface area contributed by atoms with Crippen LogP contribution in [0.1, 0.15) is 46.1 Å².